The van der Waals surface area contributed by atoms with E-state index in [1.165, 1.54) is 0 Å². The van der Waals surface area contributed by atoms with Crippen LogP contribution in [0.15, 0.2) is 12.1 Å². The smallest absolute Gasteiger partial charge is 0.413 e. The highest BCUT2D eigenvalue weighted by Crippen LogP contribution is 2.46. The van der Waals surface area contributed by atoms with Crippen LogP contribution in [0.5, 0.6) is 6.01 Å². The van der Waals surface area contributed by atoms with Crippen molar-refractivity contribution in [1.29, 1.82) is 0 Å². The molecule has 4 atom stereocenters. The van der Waals surface area contributed by atoms with Gasteiger partial charge in [-0.15, -0.1) is 5.10 Å². The van der Waals surface area contributed by atoms with Crippen molar-refractivity contribution in [3.05, 3.63) is 38.9 Å². The van der Waals surface area contributed by atoms with Crippen LogP contribution in [0.1, 0.15) is 37.8 Å². The molecule has 3 aliphatic heterocycles. The van der Waals surface area contributed by atoms with Gasteiger partial charge >= 0.3 is 11.8 Å². The van der Waals surface area contributed by atoms with Gasteiger partial charge in [-0.25, -0.2) is 8.78 Å². The fraction of sp³-hybridized carbons (Fsp3) is 0.484. The van der Waals surface area contributed by atoms with Crippen molar-refractivity contribution in [3.63, 3.8) is 0 Å². The Morgan fingerprint density at radius 3 is 2.81 bits per heavy atom. The summed E-state index contributed by atoms with van der Waals surface area (Å²) in [6.45, 7) is 8.11. The Kier molecular flexibility index (Phi) is 7.11. The van der Waals surface area contributed by atoms with Crippen LogP contribution in [0.2, 0.25) is 5.02 Å². The lowest BCUT2D eigenvalue weighted by molar-refractivity contribution is 0.188. The Labute approximate surface area is 253 Å². The van der Waals surface area contributed by atoms with E-state index < -0.39 is 12.0 Å². The molecule has 0 spiro atoms. The summed E-state index contributed by atoms with van der Waals surface area (Å²) >= 11 is 6.91. The second-order valence-corrected chi connectivity index (χ2v) is 12.4. The van der Waals surface area contributed by atoms with E-state index in [-0.39, 0.29) is 42.7 Å². The summed E-state index contributed by atoms with van der Waals surface area (Å²) in [7, 11) is 1.88. The summed E-state index contributed by atoms with van der Waals surface area (Å²) in [5.74, 6) is 0.583. The third-order valence-electron chi connectivity index (χ3n) is 8.92. The van der Waals surface area contributed by atoms with Gasteiger partial charge in [0.05, 0.1) is 11.4 Å². The Morgan fingerprint density at radius 2 is 2.05 bits per heavy atom. The quantitative estimate of drug-likeness (QED) is 0.297. The molecule has 7 rings (SSSR count). The van der Waals surface area contributed by atoms with Gasteiger partial charge in [-0.3, -0.25) is 4.90 Å². The largest absolute Gasteiger partial charge is 0.462 e. The van der Waals surface area contributed by atoms with Gasteiger partial charge in [0.15, 0.2) is 11.9 Å². The highest BCUT2D eigenvalue weighted by Gasteiger charge is 2.33. The first kappa shape index (κ1) is 28.2. The van der Waals surface area contributed by atoms with E-state index in [1.807, 2.05) is 31.0 Å². The minimum absolute atomic E-state index is 0.0692. The van der Waals surface area contributed by atoms with Crippen molar-refractivity contribution in [2.45, 2.75) is 64.3 Å². The van der Waals surface area contributed by atoms with E-state index in [0.29, 0.717) is 75.7 Å². The molecule has 1 unspecified atom stereocenters. The molecule has 9 nitrogen and oxygen atoms in total. The Balaban J connectivity index is 1.44. The standard InChI is InChI=1S/C31H34ClF2N8O/c1-5-19-13-42(11-16(3)36-19)30-21-9-17-6-7-35-29-24-22(39-40-29)8-15(2)26(32)25(24)23(17)27(34)28(21)37-31(38-30)43-14-20-10-18(33)12-41(20)4/h8-9,16,18-20,36H,5-6,10-14H2,1-4H3,(H,39,40)/q+1/t16-,18-,19?,20+/m1/s1. The van der Waals surface area contributed by atoms with Crippen LogP contribution in [0.3, 0.4) is 0 Å². The molecular formula is C31H34ClF2N8O+. The van der Waals surface area contributed by atoms with E-state index in [4.69, 9.17) is 21.3 Å². The van der Waals surface area contributed by atoms with Gasteiger partial charge < -0.3 is 15.0 Å². The van der Waals surface area contributed by atoms with Crippen LogP contribution in [-0.2, 0) is 6.42 Å². The molecule has 4 aromatic rings. The number of ether oxygens (including phenoxy) is 1. The number of halogens is 3. The summed E-state index contributed by atoms with van der Waals surface area (Å²) in [6, 6.07) is 7.28. The lowest BCUT2D eigenvalue weighted by Crippen LogP contribution is -2.55. The molecule has 43 heavy (non-hydrogen) atoms. The van der Waals surface area contributed by atoms with Crippen molar-refractivity contribution < 1.29 is 13.5 Å². The lowest BCUT2D eigenvalue weighted by Gasteiger charge is -2.38. The predicted molar refractivity (Wildman–Crippen MR) is 165 cm³/mol. The summed E-state index contributed by atoms with van der Waals surface area (Å²) in [5.41, 5.74) is 3.14. The number of piperazine rings is 1. The number of anilines is 1. The fourth-order valence-electron chi connectivity index (χ4n) is 6.73. The zero-order chi connectivity index (χ0) is 30.0. The number of benzene rings is 2. The van der Waals surface area contributed by atoms with Crippen LogP contribution in [0, 0.1) is 18.8 Å². The van der Waals surface area contributed by atoms with Crippen LogP contribution >= 0.6 is 11.6 Å². The number of nitrogens with zero attached hydrogens (tertiary/aromatic N) is 6. The average Bonchev–Trinajstić information content (AvgIpc) is 3.52. The third kappa shape index (κ3) is 4.86. The molecule has 2 saturated heterocycles. The maximum absolute atomic E-state index is 17.1. The molecule has 2 aromatic heterocycles. The number of likely N-dealkylation sites (tertiary alicyclic amines) is 1. The maximum Gasteiger partial charge on any atom is 0.413 e. The van der Waals surface area contributed by atoms with Crippen molar-refractivity contribution in [1.82, 2.24) is 30.4 Å². The minimum Gasteiger partial charge on any atom is -0.462 e. The Bertz CT molecular complexity index is 1820. The SMILES string of the molecule is CCC1CN(c2nc(OC[C@@H]3C[C@@H](F)CN3C)nc3c(F)c4c(cc23)CC#[N+]c2[nH]nc3cc(C)c(Cl)c-4c23)C[C@@H](C)N1. The number of likely N-dealkylation sites (N-methyl/N-ethyl adjacent to an activating group) is 1. The van der Waals surface area contributed by atoms with Crippen molar-refractivity contribution in [2.24, 2.45) is 0 Å². The molecule has 5 heterocycles. The molecule has 2 aromatic carbocycles. The number of H-pyrrole nitrogens is 1. The van der Waals surface area contributed by atoms with Crippen LogP contribution in [0.4, 0.5) is 20.4 Å². The van der Waals surface area contributed by atoms with E-state index in [0.717, 1.165) is 12.0 Å². The number of aromatic amines is 1. The number of nitrogens with one attached hydrogen (secondary N) is 2. The lowest BCUT2D eigenvalue weighted by atomic mass is 9.91. The molecule has 0 bridgehead atoms. The van der Waals surface area contributed by atoms with Gasteiger partial charge in [0.1, 0.15) is 35.0 Å². The molecule has 0 saturated carbocycles. The molecule has 12 heteroatoms. The number of hydrogen-bond acceptors (Lipinski definition) is 7. The third-order valence-corrected chi connectivity index (χ3v) is 9.40. The van der Waals surface area contributed by atoms with Gasteiger partial charge in [0.2, 0.25) is 0 Å². The number of alkyl halides is 1. The zero-order valence-corrected chi connectivity index (χ0v) is 25.4. The minimum atomic E-state index is -0.902. The maximum atomic E-state index is 17.1. The van der Waals surface area contributed by atoms with Crippen molar-refractivity contribution >= 4 is 45.0 Å². The normalized spacial score (nSPS) is 23.7. The van der Waals surface area contributed by atoms with Gasteiger partial charge in [-0.2, -0.15) is 14.8 Å². The molecule has 224 valence electrons. The number of fused-ring (bicyclic) bond motifs is 3. The fourth-order valence-corrected chi connectivity index (χ4v) is 6.97. The van der Waals surface area contributed by atoms with Crippen LogP contribution in [-0.4, -0.2) is 82.7 Å². The van der Waals surface area contributed by atoms with E-state index in [9.17, 15) is 4.39 Å². The monoisotopic (exact) mass is 607 g/mol. The van der Waals surface area contributed by atoms with Crippen LogP contribution in [0.25, 0.3) is 37.8 Å². The molecule has 2 N–H and O–H groups in total. The number of aromatic nitrogens is 4. The zero-order valence-electron chi connectivity index (χ0n) is 24.6. The van der Waals surface area contributed by atoms with Gasteiger partial charge in [0.25, 0.3) is 0 Å². The second-order valence-electron chi connectivity index (χ2n) is 12.1. The number of hydrogen-bond donors (Lipinski definition) is 2. The highest BCUT2D eigenvalue weighted by molar-refractivity contribution is 6.36. The molecule has 0 radical (unpaired) electrons. The van der Waals surface area contributed by atoms with Gasteiger partial charge in [-0.1, -0.05) is 23.6 Å². The second kappa shape index (κ2) is 10.8. The molecule has 0 amide bonds. The Morgan fingerprint density at radius 1 is 1.21 bits per heavy atom. The molecular weight excluding hydrogens is 574 g/mol. The highest BCUT2D eigenvalue weighted by atomic mass is 35.5. The average molecular weight is 608 g/mol. The van der Waals surface area contributed by atoms with Crippen molar-refractivity contribution in [2.75, 3.05) is 38.2 Å². The predicted octanol–water partition coefficient (Wildman–Crippen LogP) is 5.79. The molecule has 2 fully saturated rings. The first-order chi connectivity index (χ1) is 20.7. The first-order valence-corrected chi connectivity index (χ1v) is 15.2. The summed E-state index contributed by atoms with van der Waals surface area (Å²) < 4.78 is 37.3. The summed E-state index contributed by atoms with van der Waals surface area (Å²) in [6.07, 6.45) is 0.675. The van der Waals surface area contributed by atoms with Crippen LogP contribution < -0.4 is 15.0 Å². The van der Waals surface area contributed by atoms with E-state index >= 15 is 4.39 Å². The van der Waals surface area contributed by atoms with E-state index in [2.05, 4.69) is 50.2 Å². The van der Waals surface area contributed by atoms with Gasteiger partial charge in [0, 0.05) is 54.3 Å². The van der Waals surface area contributed by atoms with Gasteiger partial charge in [-0.05, 0) is 57.0 Å². The van der Waals surface area contributed by atoms with E-state index in [1.54, 1.807) is 0 Å². The topological polar surface area (TPSA) is 86.6 Å². The number of rotatable bonds is 5. The molecule has 0 aliphatic carbocycles. The summed E-state index contributed by atoms with van der Waals surface area (Å²) in [5, 5.41) is 12.6. The summed E-state index contributed by atoms with van der Waals surface area (Å²) in [4.78, 5) is 18.1. The first-order valence-electron chi connectivity index (χ1n) is 14.8. The number of aryl methyl sites for hydroxylation is 1. The molecule has 3 aliphatic rings. The Hall–Kier alpha value is -3.59. The van der Waals surface area contributed by atoms with Crippen molar-refractivity contribution in [3.8, 4) is 23.2 Å².